The molecule has 2 rings (SSSR count). The van der Waals surface area contributed by atoms with E-state index < -0.39 is 5.54 Å². The molecule has 0 saturated heterocycles. The van der Waals surface area contributed by atoms with Crippen molar-refractivity contribution >= 4 is 23.1 Å². The topological polar surface area (TPSA) is 64.3 Å². The standard InChI is InChI=1S/C15H20N2O2S/c1-3-15(4-2,14(16)20)17-13(18)10-5-6-11-8-19-9-12(11)7-10/h5-7H,3-4,8-9H2,1-2H3,(H2,16,20)(H,17,18). The lowest BCUT2D eigenvalue weighted by molar-refractivity contribution is 0.0919. The molecule has 0 spiro atoms. The third kappa shape index (κ3) is 2.69. The van der Waals surface area contributed by atoms with E-state index in [9.17, 15) is 4.79 Å². The number of fused-ring (bicyclic) bond motifs is 1. The molecule has 0 bridgehead atoms. The number of ether oxygens (including phenoxy) is 1. The van der Waals surface area contributed by atoms with E-state index in [-0.39, 0.29) is 5.91 Å². The van der Waals surface area contributed by atoms with Crippen LogP contribution in [0.15, 0.2) is 18.2 Å². The number of carbonyl (C=O) groups is 1. The van der Waals surface area contributed by atoms with Crippen LogP contribution in [0.3, 0.4) is 0 Å². The molecule has 4 nitrogen and oxygen atoms in total. The maximum absolute atomic E-state index is 12.4. The zero-order chi connectivity index (χ0) is 14.8. The lowest BCUT2D eigenvalue weighted by Crippen LogP contribution is -2.55. The quantitative estimate of drug-likeness (QED) is 0.817. The Labute approximate surface area is 124 Å². The second-order valence-corrected chi connectivity index (χ2v) is 5.52. The van der Waals surface area contributed by atoms with Crippen LogP contribution in [0.5, 0.6) is 0 Å². The summed E-state index contributed by atoms with van der Waals surface area (Å²) in [5, 5.41) is 2.99. The third-order valence-electron chi connectivity index (χ3n) is 4.02. The molecular formula is C15H20N2O2S. The van der Waals surface area contributed by atoms with Crippen LogP contribution in [0.25, 0.3) is 0 Å². The second-order valence-electron chi connectivity index (χ2n) is 5.08. The Bertz CT molecular complexity index is 539. The summed E-state index contributed by atoms with van der Waals surface area (Å²) >= 11 is 5.12. The lowest BCUT2D eigenvalue weighted by Gasteiger charge is -2.31. The summed E-state index contributed by atoms with van der Waals surface area (Å²) in [5.41, 5.74) is 8.04. The van der Waals surface area contributed by atoms with Gasteiger partial charge in [0, 0.05) is 5.56 Å². The molecule has 0 aromatic heterocycles. The summed E-state index contributed by atoms with van der Waals surface area (Å²) < 4.78 is 5.36. The van der Waals surface area contributed by atoms with E-state index in [0.717, 1.165) is 11.1 Å². The van der Waals surface area contributed by atoms with E-state index in [1.165, 1.54) is 0 Å². The summed E-state index contributed by atoms with van der Waals surface area (Å²) in [6, 6.07) is 5.64. The zero-order valence-electron chi connectivity index (χ0n) is 11.9. The van der Waals surface area contributed by atoms with Gasteiger partial charge in [-0.25, -0.2) is 0 Å². The van der Waals surface area contributed by atoms with Gasteiger partial charge in [-0.2, -0.15) is 0 Å². The van der Waals surface area contributed by atoms with Crippen molar-refractivity contribution < 1.29 is 9.53 Å². The Balaban J connectivity index is 2.21. The van der Waals surface area contributed by atoms with Crippen molar-refractivity contribution in [2.45, 2.75) is 45.4 Å². The van der Waals surface area contributed by atoms with E-state index in [1.54, 1.807) is 0 Å². The summed E-state index contributed by atoms with van der Waals surface area (Å²) in [7, 11) is 0. The number of benzene rings is 1. The molecule has 0 atom stereocenters. The molecule has 0 radical (unpaired) electrons. The van der Waals surface area contributed by atoms with Gasteiger partial charge < -0.3 is 15.8 Å². The Morgan fingerprint density at radius 2 is 2.00 bits per heavy atom. The molecule has 1 aliphatic rings. The summed E-state index contributed by atoms with van der Waals surface area (Å²) in [4.78, 5) is 12.7. The fourth-order valence-corrected chi connectivity index (χ4v) is 2.78. The highest BCUT2D eigenvalue weighted by Gasteiger charge is 2.31. The van der Waals surface area contributed by atoms with Gasteiger partial charge in [0.15, 0.2) is 0 Å². The molecule has 1 heterocycles. The first-order valence-corrected chi connectivity index (χ1v) is 7.25. The van der Waals surface area contributed by atoms with Crippen LogP contribution < -0.4 is 11.1 Å². The highest BCUT2D eigenvalue weighted by Crippen LogP contribution is 2.22. The van der Waals surface area contributed by atoms with Gasteiger partial charge in [-0.3, -0.25) is 4.79 Å². The van der Waals surface area contributed by atoms with Crippen LogP contribution in [0.1, 0.15) is 48.2 Å². The minimum absolute atomic E-state index is 0.142. The third-order valence-corrected chi connectivity index (χ3v) is 4.41. The van der Waals surface area contributed by atoms with E-state index in [2.05, 4.69) is 5.32 Å². The summed E-state index contributed by atoms with van der Waals surface area (Å²) in [6.45, 7) is 5.13. The number of hydrogen-bond acceptors (Lipinski definition) is 3. The maximum Gasteiger partial charge on any atom is 0.252 e. The fourth-order valence-electron chi connectivity index (χ4n) is 2.44. The highest BCUT2D eigenvalue weighted by atomic mass is 32.1. The zero-order valence-corrected chi connectivity index (χ0v) is 12.7. The van der Waals surface area contributed by atoms with Crippen LogP contribution in [0.2, 0.25) is 0 Å². The van der Waals surface area contributed by atoms with Crippen LogP contribution in [0.4, 0.5) is 0 Å². The van der Waals surface area contributed by atoms with Crippen LogP contribution in [-0.2, 0) is 18.0 Å². The van der Waals surface area contributed by atoms with Gasteiger partial charge in [0.2, 0.25) is 0 Å². The van der Waals surface area contributed by atoms with Gasteiger partial charge in [0.05, 0.1) is 23.7 Å². The molecule has 1 aromatic rings. The van der Waals surface area contributed by atoms with Gasteiger partial charge >= 0.3 is 0 Å². The number of nitrogens with one attached hydrogen (secondary N) is 1. The number of carbonyl (C=O) groups excluding carboxylic acids is 1. The monoisotopic (exact) mass is 292 g/mol. The fraction of sp³-hybridized carbons (Fsp3) is 0.467. The SMILES string of the molecule is CCC(CC)(NC(=O)c1ccc2c(c1)COC2)C(N)=S. The van der Waals surface area contributed by atoms with Crippen LogP contribution in [-0.4, -0.2) is 16.4 Å². The van der Waals surface area contributed by atoms with E-state index in [1.807, 2.05) is 32.0 Å². The molecule has 0 saturated carbocycles. The lowest BCUT2D eigenvalue weighted by atomic mass is 9.92. The van der Waals surface area contributed by atoms with Crippen molar-refractivity contribution in [1.82, 2.24) is 5.32 Å². The predicted molar refractivity (Wildman–Crippen MR) is 82.5 cm³/mol. The Morgan fingerprint density at radius 1 is 1.35 bits per heavy atom. The first-order valence-electron chi connectivity index (χ1n) is 6.84. The molecular weight excluding hydrogens is 272 g/mol. The van der Waals surface area contributed by atoms with Gasteiger partial charge in [0.1, 0.15) is 0 Å². The molecule has 20 heavy (non-hydrogen) atoms. The smallest absolute Gasteiger partial charge is 0.252 e. The molecule has 0 fully saturated rings. The molecule has 0 unspecified atom stereocenters. The van der Waals surface area contributed by atoms with Gasteiger partial charge in [-0.1, -0.05) is 32.1 Å². The van der Waals surface area contributed by atoms with E-state index in [4.69, 9.17) is 22.7 Å². The van der Waals surface area contributed by atoms with Gasteiger partial charge in [-0.05, 0) is 36.1 Å². The predicted octanol–water partition coefficient (Wildman–Crippen LogP) is 2.29. The number of rotatable bonds is 5. The van der Waals surface area contributed by atoms with Crippen molar-refractivity contribution in [1.29, 1.82) is 0 Å². The van der Waals surface area contributed by atoms with E-state index in [0.29, 0.717) is 36.6 Å². The molecule has 1 aromatic carbocycles. The van der Waals surface area contributed by atoms with Crippen molar-refractivity contribution in [2.24, 2.45) is 5.73 Å². The molecule has 1 amide bonds. The highest BCUT2D eigenvalue weighted by molar-refractivity contribution is 7.80. The Hall–Kier alpha value is -1.46. The Morgan fingerprint density at radius 3 is 2.60 bits per heavy atom. The normalized spacial score (nSPS) is 13.9. The molecule has 5 heteroatoms. The largest absolute Gasteiger partial charge is 0.391 e. The van der Waals surface area contributed by atoms with Crippen molar-refractivity contribution in [3.8, 4) is 0 Å². The van der Waals surface area contributed by atoms with Crippen LogP contribution in [0, 0.1) is 0 Å². The van der Waals surface area contributed by atoms with Crippen molar-refractivity contribution in [3.63, 3.8) is 0 Å². The average molecular weight is 292 g/mol. The number of thiocarbonyl (C=S) groups is 1. The summed E-state index contributed by atoms with van der Waals surface area (Å²) in [6.07, 6.45) is 1.36. The molecule has 1 aliphatic heterocycles. The number of amides is 1. The second kappa shape index (κ2) is 5.89. The van der Waals surface area contributed by atoms with Gasteiger partial charge in [0.25, 0.3) is 5.91 Å². The van der Waals surface area contributed by atoms with E-state index >= 15 is 0 Å². The Kier molecular flexibility index (Phi) is 4.40. The molecule has 108 valence electrons. The number of hydrogen-bond donors (Lipinski definition) is 2. The molecule has 0 aliphatic carbocycles. The first kappa shape index (κ1) is 14.9. The summed E-state index contributed by atoms with van der Waals surface area (Å²) in [5.74, 6) is -0.142. The van der Waals surface area contributed by atoms with Crippen molar-refractivity contribution in [3.05, 3.63) is 34.9 Å². The maximum atomic E-state index is 12.4. The minimum Gasteiger partial charge on any atom is -0.391 e. The molecule has 3 N–H and O–H groups in total. The van der Waals surface area contributed by atoms with Gasteiger partial charge in [-0.15, -0.1) is 0 Å². The minimum atomic E-state index is -0.609. The van der Waals surface area contributed by atoms with Crippen molar-refractivity contribution in [2.75, 3.05) is 0 Å². The number of nitrogens with two attached hydrogens (primary N) is 1. The average Bonchev–Trinajstić information content (AvgIpc) is 2.91. The first-order chi connectivity index (χ1) is 9.52. The van der Waals surface area contributed by atoms with Crippen LogP contribution >= 0.6 is 12.2 Å².